The Morgan fingerprint density at radius 3 is 2.91 bits per heavy atom. The summed E-state index contributed by atoms with van der Waals surface area (Å²) in [5, 5.41) is 20.5. The van der Waals surface area contributed by atoms with Crippen molar-refractivity contribution in [2.45, 2.75) is 38.3 Å². The summed E-state index contributed by atoms with van der Waals surface area (Å²) in [6.45, 7) is 6.36. The maximum absolute atomic E-state index is 9.56. The number of rotatable bonds is 7. The largest absolute Gasteiger partial charge is 0.506 e. The van der Waals surface area contributed by atoms with Crippen LogP contribution in [0.15, 0.2) is 53.5 Å². The quantitative estimate of drug-likeness (QED) is 0.521. The summed E-state index contributed by atoms with van der Waals surface area (Å²) in [5.41, 5.74) is 4.68. The number of piperazine rings is 1. The summed E-state index contributed by atoms with van der Waals surface area (Å²) in [4.78, 5) is 7.12. The van der Waals surface area contributed by atoms with Crippen LogP contribution in [-0.2, 0) is 13.0 Å². The second-order valence-electron chi connectivity index (χ2n) is 8.99. The molecule has 2 aromatic rings. The van der Waals surface area contributed by atoms with Crippen molar-refractivity contribution in [3.05, 3.63) is 70.3 Å². The number of halogens is 1. The summed E-state index contributed by atoms with van der Waals surface area (Å²) >= 11 is 6.00. The normalized spacial score (nSPS) is 26.9. The Balaban J connectivity index is 1.17. The maximum atomic E-state index is 9.56. The Bertz CT molecular complexity index is 1040. The van der Waals surface area contributed by atoms with Crippen molar-refractivity contribution < 1.29 is 5.11 Å². The first-order valence-electron chi connectivity index (χ1n) is 11.3. The molecule has 5 rings (SSSR count). The van der Waals surface area contributed by atoms with Gasteiger partial charge in [0.25, 0.3) is 0 Å². The highest BCUT2D eigenvalue weighted by Gasteiger charge is 2.43. The molecule has 2 saturated heterocycles. The smallest absolute Gasteiger partial charge is 0.173 e. The van der Waals surface area contributed by atoms with E-state index in [0.29, 0.717) is 17.1 Å². The predicted molar refractivity (Wildman–Crippen MR) is 130 cm³/mol. The molecule has 3 aliphatic heterocycles. The maximum Gasteiger partial charge on any atom is 0.173 e. The van der Waals surface area contributed by atoms with Gasteiger partial charge in [-0.05, 0) is 53.3 Å². The van der Waals surface area contributed by atoms with Gasteiger partial charge in [0.05, 0.1) is 5.02 Å². The van der Waals surface area contributed by atoms with E-state index in [9.17, 15) is 5.11 Å². The minimum atomic E-state index is -0.174. The number of phenols is 1. The summed E-state index contributed by atoms with van der Waals surface area (Å²) in [6.07, 6.45) is 4.52. The lowest BCUT2D eigenvalue weighted by Crippen LogP contribution is -2.43. The third-order valence-electron chi connectivity index (χ3n) is 6.89. The zero-order chi connectivity index (χ0) is 22.1. The Kier molecular flexibility index (Phi) is 6.20. The van der Waals surface area contributed by atoms with E-state index in [1.807, 2.05) is 18.4 Å². The number of phenolic OH excluding ortho intramolecular Hbond substituents is 1. The highest BCUT2D eigenvalue weighted by molar-refractivity contribution is 6.32. The zero-order valence-corrected chi connectivity index (χ0v) is 19.0. The Hall–Kier alpha value is -2.38. The van der Waals surface area contributed by atoms with Crippen LogP contribution in [0.3, 0.4) is 0 Å². The molecule has 0 aromatic heterocycles. The first kappa shape index (κ1) is 21.5. The molecule has 4 N–H and O–H groups in total. The average molecular weight is 452 g/mol. The molecule has 6 nitrogen and oxygen atoms in total. The number of benzene rings is 2. The molecule has 0 saturated carbocycles. The van der Waals surface area contributed by atoms with E-state index in [2.05, 4.69) is 57.0 Å². The van der Waals surface area contributed by atoms with Crippen molar-refractivity contribution in [1.29, 1.82) is 0 Å². The molecule has 0 aliphatic carbocycles. The first-order chi connectivity index (χ1) is 15.6. The van der Waals surface area contributed by atoms with Gasteiger partial charge in [-0.3, -0.25) is 15.2 Å². The number of aromatic hydroxyl groups is 1. The minimum Gasteiger partial charge on any atom is -0.506 e. The molecule has 0 spiro atoms. The van der Waals surface area contributed by atoms with Crippen LogP contribution in [-0.4, -0.2) is 54.2 Å². The van der Waals surface area contributed by atoms with Crippen molar-refractivity contribution in [2.75, 3.05) is 19.6 Å². The molecule has 3 heterocycles. The number of hydrogen-bond acceptors (Lipinski definition) is 6. The Labute approximate surface area is 194 Å². The molecular formula is C25H30ClN5O. The van der Waals surface area contributed by atoms with Gasteiger partial charge in [0.1, 0.15) is 5.75 Å². The SMILES string of the molecule is C[C@H]1C2CN(Cc3cccc(C4=CC=NC(NCCc5ccc(O)c(Cl)c5)N4)c3)C1CN2. The lowest BCUT2D eigenvalue weighted by Gasteiger charge is -2.28. The number of allylic oxidation sites excluding steroid dienone is 1. The summed E-state index contributed by atoms with van der Waals surface area (Å²) < 4.78 is 0. The van der Waals surface area contributed by atoms with Gasteiger partial charge in [0, 0.05) is 50.2 Å². The van der Waals surface area contributed by atoms with E-state index in [1.165, 1.54) is 11.1 Å². The van der Waals surface area contributed by atoms with Crippen molar-refractivity contribution in [1.82, 2.24) is 20.9 Å². The van der Waals surface area contributed by atoms with E-state index in [1.54, 1.807) is 12.1 Å². The number of aliphatic imine (C=N–C) groups is 1. The fourth-order valence-electron chi connectivity index (χ4n) is 5.02. The number of nitrogens with one attached hydrogen (secondary N) is 3. The average Bonchev–Trinajstić information content (AvgIpc) is 3.30. The van der Waals surface area contributed by atoms with Gasteiger partial charge in [-0.25, -0.2) is 0 Å². The van der Waals surface area contributed by atoms with Gasteiger partial charge >= 0.3 is 0 Å². The van der Waals surface area contributed by atoms with Crippen LogP contribution in [0.5, 0.6) is 5.75 Å². The van der Waals surface area contributed by atoms with Gasteiger partial charge in [-0.15, -0.1) is 0 Å². The van der Waals surface area contributed by atoms with Crippen molar-refractivity contribution >= 4 is 23.5 Å². The van der Waals surface area contributed by atoms with E-state index < -0.39 is 0 Å². The van der Waals surface area contributed by atoms with E-state index in [-0.39, 0.29) is 12.0 Å². The molecule has 168 valence electrons. The molecular weight excluding hydrogens is 422 g/mol. The summed E-state index contributed by atoms with van der Waals surface area (Å²) in [7, 11) is 0. The predicted octanol–water partition coefficient (Wildman–Crippen LogP) is 2.97. The monoisotopic (exact) mass is 451 g/mol. The number of nitrogens with zero attached hydrogens (tertiary/aromatic N) is 2. The van der Waals surface area contributed by atoms with Crippen LogP contribution in [0.2, 0.25) is 5.02 Å². The summed E-state index contributed by atoms with van der Waals surface area (Å²) in [5.74, 6) is 0.851. The lowest BCUT2D eigenvalue weighted by molar-refractivity contribution is 0.210. The molecule has 4 atom stereocenters. The molecule has 2 bridgehead atoms. The second kappa shape index (κ2) is 9.24. The zero-order valence-electron chi connectivity index (χ0n) is 18.3. The van der Waals surface area contributed by atoms with Crippen LogP contribution in [0, 0.1) is 5.92 Å². The van der Waals surface area contributed by atoms with E-state index >= 15 is 0 Å². The van der Waals surface area contributed by atoms with E-state index in [0.717, 1.165) is 49.8 Å². The van der Waals surface area contributed by atoms with Crippen LogP contribution in [0.4, 0.5) is 0 Å². The van der Waals surface area contributed by atoms with Crippen LogP contribution < -0.4 is 16.0 Å². The molecule has 0 radical (unpaired) electrons. The standard InChI is InChI=1S/C25H30ClN5O/c1-16-22-15-31(23(16)13-29-22)14-18-3-2-4-19(11-18)21-8-10-28-25(30-21)27-9-7-17-5-6-24(32)20(26)12-17/h2-6,8,10-12,16,22-23,25,27,29-30,32H,7,9,13-15H2,1H3/t16-,22?,23?,25?/m0/s1. The molecule has 32 heavy (non-hydrogen) atoms. The highest BCUT2D eigenvalue weighted by atomic mass is 35.5. The highest BCUT2D eigenvalue weighted by Crippen LogP contribution is 2.31. The Morgan fingerprint density at radius 1 is 1.22 bits per heavy atom. The number of fused-ring (bicyclic) bond motifs is 2. The molecule has 7 heteroatoms. The van der Waals surface area contributed by atoms with Crippen molar-refractivity contribution in [2.24, 2.45) is 10.9 Å². The van der Waals surface area contributed by atoms with Gasteiger partial charge in [-0.2, -0.15) is 0 Å². The van der Waals surface area contributed by atoms with Crippen LogP contribution in [0.25, 0.3) is 5.70 Å². The molecule has 0 amide bonds. The van der Waals surface area contributed by atoms with Gasteiger partial charge in [-0.1, -0.05) is 42.8 Å². The van der Waals surface area contributed by atoms with Crippen LogP contribution >= 0.6 is 11.6 Å². The topological polar surface area (TPSA) is 71.9 Å². The third kappa shape index (κ3) is 4.55. The second-order valence-corrected chi connectivity index (χ2v) is 9.39. The first-order valence-corrected chi connectivity index (χ1v) is 11.7. The number of hydrogen-bond donors (Lipinski definition) is 4. The lowest BCUT2D eigenvalue weighted by atomic mass is 10.0. The van der Waals surface area contributed by atoms with E-state index in [4.69, 9.17) is 11.6 Å². The number of likely N-dealkylation sites (tertiary alicyclic amines) is 1. The Morgan fingerprint density at radius 2 is 2.12 bits per heavy atom. The van der Waals surface area contributed by atoms with Gasteiger partial charge in [0.15, 0.2) is 6.29 Å². The molecule has 2 aromatic carbocycles. The molecule has 2 fully saturated rings. The van der Waals surface area contributed by atoms with Gasteiger partial charge < -0.3 is 15.7 Å². The van der Waals surface area contributed by atoms with Crippen molar-refractivity contribution in [3.63, 3.8) is 0 Å². The fraction of sp³-hybridized carbons (Fsp3) is 0.400. The molecule has 3 aliphatic rings. The minimum absolute atomic E-state index is 0.113. The molecule has 3 unspecified atom stereocenters. The van der Waals surface area contributed by atoms with Gasteiger partial charge in [0.2, 0.25) is 0 Å². The van der Waals surface area contributed by atoms with Crippen LogP contribution in [0.1, 0.15) is 23.6 Å². The third-order valence-corrected chi connectivity index (χ3v) is 7.19. The van der Waals surface area contributed by atoms with Crippen molar-refractivity contribution in [3.8, 4) is 5.75 Å². The summed E-state index contributed by atoms with van der Waals surface area (Å²) in [6, 6.07) is 15.4. The fourth-order valence-corrected chi connectivity index (χ4v) is 5.23.